The molecule has 0 saturated carbocycles. The van der Waals surface area contributed by atoms with Gasteiger partial charge in [0.25, 0.3) is 11.5 Å². The molecule has 0 spiro atoms. The Balaban J connectivity index is 1.72. The number of nitrogens with zero attached hydrogens (tertiary/aromatic N) is 2. The highest BCUT2D eigenvalue weighted by atomic mass is 35.5. The van der Waals surface area contributed by atoms with E-state index in [0.717, 1.165) is 11.1 Å². The lowest BCUT2D eigenvalue weighted by Gasteiger charge is -2.09. The van der Waals surface area contributed by atoms with Crippen LogP contribution in [0.1, 0.15) is 17.8 Å². The summed E-state index contributed by atoms with van der Waals surface area (Å²) in [4.78, 5) is 40.6. The molecule has 4 rings (SSSR count). The molecule has 0 unspecified atom stereocenters. The molecule has 7 nitrogen and oxygen atoms in total. The van der Waals surface area contributed by atoms with Gasteiger partial charge in [0, 0.05) is 17.3 Å². The van der Waals surface area contributed by atoms with E-state index in [1.165, 1.54) is 12.1 Å². The van der Waals surface area contributed by atoms with E-state index in [1.54, 1.807) is 22.8 Å². The van der Waals surface area contributed by atoms with Crippen LogP contribution in [0.4, 0.5) is 5.69 Å². The van der Waals surface area contributed by atoms with Crippen LogP contribution in [0, 0.1) is 0 Å². The number of fused-ring (bicyclic) bond motifs is 2. The molecule has 2 heterocycles. The first-order valence-electron chi connectivity index (χ1n) is 9.35. The number of rotatable bonds is 4. The van der Waals surface area contributed by atoms with Crippen molar-refractivity contribution in [2.45, 2.75) is 13.0 Å². The topological polar surface area (TPSA) is 101 Å². The second kappa shape index (κ2) is 8.78. The van der Waals surface area contributed by atoms with E-state index in [0.29, 0.717) is 34.7 Å². The number of halogens is 3. The summed E-state index contributed by atoms with van der Waals surface area (Å²) < 4.78 is 1.62. The van der Waals surface area contributed by atoms with Crippen molar-refractivity contribution in [1.82, 2.24) is 9.55 Å². The monoisotopic (exact) mass is 489 g/mol. The average molecular weight is 491 g/mol. The number of hydrogen-bond acceptors (Lipinski definition) is 4. The number of aromatic nitrogens is 2. The quantitative estimate of drug-likeness (QED) is 0.516. The van der Waals surface area contributed by atoms with Crippen LogP contribution in [0.15, 0.2) is 57.3 Å². The molecule has 0 saturated heterocycles. The van der Waals surface area contributed by atoms with Crippen molar-refractivity contribution >= 4 is 74.9 Å². The number of aliphatic carboxylic acids is 1. The Morgan fingerprint density at radius 1 is 1.09 bits per heavy atom. The van der Waals surface area contributed by atoms with Crippen LogP contribution in [0.5, 0.6) is 0 Å². The molecule has 1 aromatic heterocycles. The summed E-state index contributed by atoms with van der Waals surface area (Å²) in [6.07, 6.45) is 2.61. The van der Waals surface area contributed by atoms with Crippen molar-refractivity contribution in [3.05, 3.63) is 79.3 Å². The van der Waals surface area contributed by atoms with E-state index >= 15 is 0 Å². The number of carboxylic acid groups (broad SMARTS) is 1. The van der Waals surface area contributed by atoms with Gasteiger partial charge in [0.05, 0.1) is 10.9 Å². The lowest BCUT2D eigenvalue weighted by Crippen LogP contribution is -2.21. The summed E-state index contributed by atoms with van der Waals surface area (Å²) in [6, 6.07) is 11.9. The Morgan fingerprint density at radius 3 is 2.50 bits per heavy atom. The second-order valence-corrected chi connectivity index (χ2v) is 8.17. The zero-order chi connectivity index (χ0) is 23.0. The van der Waals surface area contributed by atoms with Gasteiger partial charge in [-0.3, -0.25) is 14.2 Å². The summed E-state index contributed by atoms with van der Waals surface area (Å²) in [5.41, 5.74) is 2.32. The molecule has 2 aromatic carbocycles. The molecular weight excluding hydrogens is 477 g/mol. The van der Waals surface area contributed by atoms with Gasteiger partial charge >= 0.3 is 5.97 Å². The summed E-state index contributed by atoms with van der Waals surface area (Å²) in [5.74, 6) is -1.86. The van der Waals surface area contributed by atoms with Gasteiger partial charge in [-0.05, 0) is 54.0 Å². The normalized spacial score (nSPS) is 14.9. The van der Waals surface area contributed by atoms with Gasteiger partial charge in [-0.25, -0.2) is 9.78 Å². The highest BCUT2D eigenvalue weighted by Crippen LogP contribution is 2.28. The fourth-order valence-corrected chi connectivity index (χ4v) is 3.71. The number of benzene rings is 2. The van der Waals surface area contributed by atoms with Crippen molar-refractivity contribution in [2.75, 3.05) is 5.32 Å². The van der Waals surface area contributed by atoms with Gasteiger partial charge in [-0.2, -0.15) is 0 Å². The average Bonchev–Trinajstić information content (AvgIpc) is 3.16. The van der Waals surface area contributed by atoms with Crippen LogP contribution in [0.2, 0.25) is 5.02 Å². The minimum atomic E-state index is -1.52. The van der Waals surface area contributed by atoms with Gasteiger partial charge in [-0.1, -0.05) is 46.9 Å². The van der Waals surface area contributed by atoms with Gasteiger partial charge in [0.15, 0.2) is 0 Å². The number of carboxylic acids is 1. The fraction of sp³-hybridized carbons (Fsp3) is 0.0909. The van der Waals surface area contributed by atoms with Crippen molar-refractivity contribution in [3.8, 4) is 0 Å². The molecule has 2 N–H and O–H groups in total. The van der Waals surface area contributed by atoms with Crippen LogP contribution in [0.3, 0.4) is 0 Å². The molecule has 0 fully saturated rings. The molecule has 0 aliphatic carbocycles. The van der Waals surface area contributed by atoms with Crippen molar-refractivity contribution in [2.24, 2.45) is 0 Å². The summed E-state index contributed by atoms with van der Waals surface area (Å²) in [5, 5.41) is 10.9. The van der Waals surface area contributed by atoms with Gasteiger partial charge in [0.1, 0.15) is 15.9 Å². The Labute approximate surface area is 196 Å². The third-order valence-corrected chi connectivity index (χ3v) is 5.96. The predicted molar refractivity (Wildman–Crippen MR) is 125 cm³/mol. The summed E-state index contributed by atoms with van der Waals surface area (Å²) in [7, 11) is 0. The fourth-order valence-electron chi connectivity index (χ4n) is 3.37. The van der Waals surface area contributed by atoms with E-state index in [2.05, 4.69) is 10.3 Å². The number of amides is 1. The van der Waals surface area contributed by atoms with E-state index in [9.17, 15) is 14.4 Å². The Bertz CT molecular complexity index is 1390. The molecule has 0 radical (unpaired) electrons. The first-order chi connectivity index (χ1) is 15.2. The number of nitrogens with one attached hydrogen (secondary N) is 1. The SMILES string of the molecule is O=C(O)/C(Cl)=C(/Cl)C(=O)Nc1ccc2c(=O)n3c(nc2c1)C(=Cc1ccc(Cl)cc1)CC3. The molecule has 0 bridgehead atoms. The summed E-state index contributed by atoms with van der Waals surface area (Å²) in [6.45, 7) is 0.517. The minimum absolute atomic E-state index is 0.186. The maximum atomic E-state index is 12.9. The molecule has 1 aliphatic heterocycles. The van der Waals surface area contributed by atoms with E-state index in [-0.39, 0.29) is 11.2 Å². The molecule has 3 aromatic rings. The third-order valence-electron chi connectivity index (χ3n) is 4.90. The molecule has 1 aliphatic rings. The first kappa shape index (κ1) is 22.1. The van der Waals surface area contributed by atoms with Gasteiger partial charge < -0.3 is 10.4 Å². The maximum Gasteiger partial charge on any atom is 0.349 e. The minimum Gasteiger partial charge on any atom is -0.477 e. The van der Waals surface area contributed by atoms with Crippen molar-refractivity contribution in [1.29, 1.82) is 0 Å². The van der Waals surface area contributed by atoms with Crippen LogP contribution < -0.4 is 10.9 Å². The third kappa shape index (κ3) is 4.27. The lowest BCUT2D eigenvalue weighted by molar-refractivity contribution is -0.132. The maximum absolute atomic E-state index is 12.9. The van der Waals surface area contributed by atoms with Gasteiger partial charge in [0.2, 0.25) is 0 Å². The van der Waals surface area contributed by atoms with Crippen LogP contribution in [-0.4, -0.2) is 26.5 Å². The lowest BCUT2D eigenvalue weighted by atomic mass is 10.1. The van der Waals surface area contributed by atoms with Gasteiger partial charge in [-0.15, -0.1) is 0 Å². The van der Waals surface area contributed by atoms with Crippen molar-refractivity contribution in [3.63, 3.8) is 0 Å². The smallest absolute Gasteiger partial charge is 0.349 e. The molecule has 1 amide bonds. The molecule has 0 atom stereocenters. The largest absolute Gasteiger partial charge is 0.477 e. The van der Waals surface area contributed by atoms with E-state index in [4.69, 9.17) is 39.9 Å². The van der Waals surface area contributed by atoms with Crippen LogP contribution in [-0.2, 0) is 16.1 Å². The molecule has 10 heteroatoms. The molecular formula is C22H14Cl3N3O4. The molecule has 162 valence electrons. The standard InChI is InChI=1S/C22H14Cl3N3O4/c23-13-3-1-11(2-4-13)9-12-7-8-28-19(12)27-16-10-14(5-6-15(16)21(28)30)26-20(29)17(24)18(25)22(31)32/h1-6,9-10H,7-8H2,(H,26,29)(H,31,32)/b12-9?,18-17-. The highest BCUT2D eigenvalue weighted by Gasteiger charge is 2.22. The Kier molecular flexibility index (Phi) is 6.06. The first-order valence-corrected chi connectivity index (χ1v) is 10.5. The highest BCUT2D eigenvalue weighted by molar-refractivity contribution is 6.54. The van der Waals surface area contributed by atoms with E-state index in [1.807, 2.05) is 18.2 Å². The Hall–Kier alpha value is -3.13. The van der Waals surface area contributed by atoms with Crippen LogP contribution in [0.25, 0.3) is 22.6 Å². The van der Waals surface area contributed by atoms with E-state index < -0.39 is 21.9 Å². The number of carbonyl (C=O) groups is 2. The van der Waals surface area contributed by atoms with Crippen molar-refractivity contribution < 1.29 is 14.7 Å². The predicted octanol–water partition coefficient (Wildman–Crippen LogP) is 4.71. The second-order valence-electron chi connectivity index (χ2n) is 6.98. The number of hydrogen-bond donors (Lipinski definition) is 2. The number of anilines is 1. The summed E-state index contributed by atoms with van der Waals surface area (Å²) >= 11 is 17.2. The number of carbonyl (C=O) groups excluding carboxylic acids is 1. The van der Waals surface area contributed by atoms with Crippen LogP contribution >= 0.6 is 34.8 Å². The number of allylic oxidation sites excluding steroid dienone is 1. The zero-order valence-corrected chi connectivity index (χ0v) is 18.5. The molecule has 32 heavy (non-hydrogen) atoms. The zero-order valence-electron chi connectivity index (χ0n) is 16.2. The Morgan fingerprint density at radius 2 is 1.81 bits per heavy atom.